The second-order valence-electron chi connectivity index (χ2n) is 7.27. The summed E-state index contributed by atoms with van der Waals surface area (Å²) in [4.78, 5) is 28.2. The molecule has 2 amide bonds. The number of carbonyl (C=O) groups is 2. The minimum absolute atomic E-state index is 0.115. The first kappa shape index (κ1) is 21.2. The Balaban J connectivity index is 1.17. The average Bonchev–Trinajstić information content (AvgIpc) is 3.40. The molecule has 0 aromatic carbocycles. The largest absolute Gasteiger partial charge is 0.383 e. The van der Waals surface area contributed by atoms with Crippen molar-refractivity contribution in [3.63, 3.8) is 0 Å². The summed E-state index contributed by atoms with van der Waals surface area (Å²) >= 11 is 0. The van der Waals surface area contributed by atoms with Gasteiger partial charge in [-0.15, -0.1) is 10.2 Å². The zero-order valence-corrected chi connectivity index (χ0v) is 17.5. The number of fused-ring (bicyclic) bond motifs is 1. The first-order valence-corrected chi connectivity index (χ1v) is 10.2. The number of hydrogen-bond donors (Lipinski definition) is 3. The van der Waals surface area contributed by atoms with Gasteiger partial charge in [0.15, 0.2) is 5.82 Å². The number of allylic oxidation sites excluding steroid dienone is 3. The molecular weight excluding hydrogens is 414 g/mol. The van der Waals surface area contributed by atoms with E-state index in [0.717, 1.165) is 5.57 Å². The van der Waals surface area contributed by atoms with E-state index in [2.05, 4.69) is 36.1 Å². The number of nitrogens with two attached hydrogens (primary N) is 1. The van der Waals surface area contributed by atoms with Crippen LogP contribution in [0.5, 0.6) is 0 Å². The monoisotopic (exact) mass is 437 g/mol. The molecule has 0 spiro atoms. The van der Waals surface area contributed by atoms with Crippen LogP contribution in [0.3, 0.4) is 0 Å². The number of azo groups is 1. The van der Waals surface area contributed by atoms with Gasteiger partial charge in [-0.2, -0.15) is 10.1 Å². The minimum atomic E-state index is -0.375. The Kier molecular flexibility index (Phi) is 6.19. The molecule has 1 unspecified atom stereocenters. The van der Waals surface area contributed by atoms with Gasteiger partial charge in [0.25, 0.3) is 5.91 Å². The average molecular weight is 437 g/mol. The number of nitrogens with zero attached hydrogens (tertiary/aromatic N) is 6. The fourth-order valence-corrected chi connectivity index (χ4v) is 3.26. The van der Waals surface area contributed by atoms with Crippen molar-refractivity contribution in [2.24, 2.45) is 23.2 Å². The van der Waals surface area contributed by atoms with Crippen LogP contribution in [-0.2, 0) is 23.1 Å². The van der Waals surface area contributed by atoms with Crippen LogP contribution in [0.2, 0.25) is 0 Å². The quantitative estimate of drug-likeness (QED) is 0.489. The minimum Gasteiger partial charge on any atom is -0.383 e. The normalized spacial score (nSPS) is 17.0. The van der Waals surface area contributed by atoms with Crippen molar-refractivity contribution < 1.29 is 14.1 Å². The van der Waals surface area contributed by atoms with Crippen LogP contribution in [-0.4, -0.2) is 44.8 Å². The number of hydrogen-bond acceptors (Lipinski definition) is 9. The standard InChI is InChI=1S/C20H23N9O3/c1-29-17(21)14(11-24-29)19-25-16(32-28-19)8-7-15(30)22-9-4-10-23-18-12-5-2-3-6-13(12)20(31)27-26-18/h2-3,5-6,11,13,23H,4,7-10,21H2,1H3,(H,22,30). The second kappa shape index (κ2) is 9.37. The molecule has 2 aliphatic rings. The summed E-state index contributed by atoms with van der Waals surface area (Å²) in [6.07, 6.45) is 10.1. The molecule has 3 heterocycles. The van der Waals surface area contributed by atoms with Crippen molar-refractivity contribution in [1.29, 1.82) is 0 Å². The van der Waals surface area contributed by atoms with Gasteiger partial charge >= 0.3 is 0 Å². The van der Waals surface area contributed by atoms with E-state index < -0.39 is 0 Å². The molecule has 0 bridgehead atoms. The molecule has 12 heteroatoms. The molecule has 1 atom stereocenters. The Hall–Kier alpha value is -4.09. The predicted molar refractivity (Wildman–Crippen MR) is 114 cm³/mol. The third kappa shape index (κ3) is 4.63. The fraction of sp³-hybridized carbons (Fsp3) is 0.350. The van der Waals surface area contributed by atoms with E-state index in [4.69, 9.17) is 10.3 Å². The molecule has 0 radical (unpaired) electrons. The molecule has 2 aromatic rings. The summed E-state index contributed by atoms with van der Waals surface area (Å²) in [5.41, 5.74) is 7.30. The topological polar surface area (TPSA) is 166 Å². The van der Waals surface area contributed by atoms with Crippen LogP contribution >= 0.6 is 0 Å². The maximum Gasteiger partial charge on any atom is 0.276 e. The van der Waals surface area contributed by atoms with Gasteiger partial charge in [0.05, 0.1) is 17.7 Å². The van der Waals surface area contributed by atoms with E-state index in [1.54, 1.807) is 19.3 Å². The first-order chi connectivity index (χ1) is 15.5. The summed E-state index contributed by atoms with van der Waals surface area (Å²) in [6.45, 7) is 1.07. The SMILES string of the molecule is Cn1ncc(-c2noc(CCC(=O)NCCCNC3=C4C=CC=CC4C(=O)N=N3)n2)c1N. The van der Waals surface area contributed by atoms with Crippen LogP contribution in [0, 0.1) is 5.92 Å². The van der Waals surface area contributed by atoms with Gasteiger partial charge in [0.1, 0.15) is 5.82 Å². The van der Waals surface area contributed by atoms with Crippen LogP contribution < -0.4 is 16.4 Å². The van der Waals surface area contributed by atoms with Gasteiger partial charge in [-0.25, -0.2) is 0 Å². The number of aromatic nitrogens is 4. The van der Waals surface area contributed by atoms with Crippen LogP contribution in [0.1, 0.15) is 18.7 Å². The molecule has 4 rings (SSSR count). The molecule has 4 N–H and O–H groups in total. The summed E-state index contributed by atoms with van der Waals surface area (Å²) in [7, 11) is 1.72. The zero-order chi connectivity index (χ0) is 22.5. The van der Waals surface area contributed by atoms with Crippen molar-refractivity contribution >= 4 is 17.6 Å². The van der Waals surface area contributed by atoms with Crippen LogP contribution in [0.4, 0.5) is 5.82 Å². The number of rotatable bonds is 9. The number of nitrogen functional groups attached to an aromatic ring is 1. The summed E-state index contributed by atoms with van der Waals surface area (Å²) in [5.74, 6) is 0.969. The number of carbonyl (C=O) groups excluding carboxylic acids is 2. The Bertz CT molecular complexity index is 1140. The van der Waals surface area contributed by atoms with Gasteiger partial charge in [0, 0.05) is 38.6 Å². The van der Waals surface area contributed by atoms with Crippen molar-refractivity contribution in [3.05, 3.63) is 47.8 Å². The molecule has 166 valence electrons. The lowest BCUT2D eigenvalue weighted by molar-refractivity contribution is -0.121. The second-order valence-corrected chi connectivity index (χ2v) is 7.27. The van der Waals surface area contributed by atoms with E-state index >= 15 is 0 Å². The number of nitrogens with one attached hydrogen (secondary N) is 2. The van der Waals surface area contributed by atoms with Crippen LogP contribution in [0.15, 0.2) is 56.6 Å². The van der Waals surface area contributed by atoms with Crippen molar-refractivity contribution in [1.82, 2.24) is 30.6 Å². The molecule has 0 saturated carbocycles. The van der Waals surface area contributed by atoms with E-state index in [9.17, 15) is 9.59 Å². The zero-order valence-electron chi connectivity index (χ0n) is 17.5. The highest BCUT2D eigenvalue weighted by Gasteiger charge is 2.26. The van der Waals surface area contributed by atoms with E-state index in [-0.39, 0.29) is 24.2 Å². The third-order valence-corrected chi connectivity index (χ3v) is 5.04. The lowest BCUT2D eigenvalue weighted by Gasteiger charge is -2.20. The van der Waals surface area contributed by atoms with Gasteiger partial charge in [0.2, 0.25) is 17.6 Å². The van der Waals surface area contributed by atoms with Crippen LogP contribution in [0.25, 0.3) is 11.4 Å². The summed E-state index contributed by atoms with van der Waals surface area (Å²) in [6, 6.07) is 0. The molecule has 12 nitrogen and oxygen atoms in total. The Labute approximate surface area is 183 Å². The van der Waals surface area contributed by atoms with E-state index in [1.165, 1.54) is 4.68 Å². The molecule has 2 aromatic heterocycles. The highest BCUT2D eigenvalue weighted by molar-refractivity contribution is 5.86. The fourth-order valence-electron chi connectivity index (χ4n) is 3.26. The van der Waals surface area contributed by atoms with Crippen molar-refractivity contribution in [2.45, 2.75) is 19.3 Å². The third-order valence-electron chi connectivity index (χ3n) is 5.04. The van der Waals surface area contributed by atoms with Gasteiger partial charge in [-0.3, -0.25) is 14.3 Å². The molecule has 1 aliphatic heterocycles. The number of anilines is 1. The summed E-state index contributed by atoms with van der Waals surface area (Å²) in [5, 5.41) is 21.6. The Morgan fingerprint density at radius 2 is 2.16 bits per heavy atom. The lowest BCUT2D eigenvalue weighted by Crippen LogP contribution is -2.28. The highest BCUT2D eigenvalue weighted by atomic mass is 16.5. The Morgan fingerprint density at radius 1 is 1.28 bits per heavy atom. The smallest absolute Gasteiger partial charge is 0.276 e. The molecule has 32 heavy (non-hydrogen) atoms. The number of amides is 2. The molecule has 1 aliphatic carbocycles. The van der Waals surface area contributed by atoms with Gasteiger partial charge < -0.3 is 20.9 Å². The maximum absolute atomic E-state index is 12.1. The number of aryl methyl sites for hydroxylation is 2. The predicted octanol–water partition coefficient (Wildman–Crippen LogP) is 1.03. The highest BCUT2D eigenvalue weighted by Crippen LogP contribution is 2.27. The van der Waals surface area contributed by atoms with Crippen molar-refractivity contribution in [2.75, 3.05) is 18.8 Å². The van der Waals surface area contributed by atoms with E-state index in [0.29, 0.717) is 54.8 Å². The Morgan fingerprint density at radius 3 is 2.97 bits per heavy atom. The summed E-state index contributed by atoms with van der Waals surface area (Å²) < 4.78 is 6.71. The lowest BCUT2D eigenvalue weighted by atomic mass is 9.93. The van der Waals surface area contributed by atoms with E-state index in [1.807, 2.05) is 18.2 Å². The first-order valence-electron chi connectivity index (χ1n) is 10.2. The molecule has 0 saturated heterocycles. The maximum atomic E-state index is 12.1. The van der Waals surface area contributed by atoms with Gasteiger partial charge in [-0.05, 0) is 6.42 Å². The van der Waals surface area contributed by atoms with Crippen molar-refractivity contribution in [3.8, 4) is 11.4 Å². The molecule has 0 fully saturated rings. The molecular formula is C20H23N9O3. The van der Waals surface area contributed by atoms with Gasteiger partial charge in [-0.1, -0.05) is 29.5 Å².